The van der Waals surface area contributed by atoms with Gasteiger partial charge in [-0.15, -0.1) is 0 Å². The third-order valence-electron chi connectivity index (χ3n) is 0. The molecule has 0 unspecified atom stereocenters. The zero-order valence-electron chi connectivity index (χ0n) is 3.85. The van der Waals surface area contributed by atoms with Crippen LogP contribution >= 0.6 is 0 Å². The minimum Gasteiger partial charge on any atom is -0.907 e. The summed E-state index contributed by atoms with van der Waals surface area (Å²) in [5, 5.41) is 25.2. The summed E-state index contributed by atoms with van der Waals surface area (Å²) in [6.45, 7) is 0. The van der Waals surface area contributed by atoms with Gasteiger partial charge < -0.3 is 15.1 Å². The van der Waals surface area contributed by atoms with Crippen LogP contribution in [0.1, 0.15) is 0 Å². The molecule has 0 aromatic rings. The second-order valence-corrected chi connectivity index (χ2v) is 0.289. The van der Waals surface area contributed by atoms with Crippen molar-refractivity contribution in [2.45, 2.75) is 0 Å². The van der Waals surface area contributed by atoms with E-state index in [0.717, 1.165) is 0 Å². The Labute approximate surface area is 135 Å². The van der Waals surface area contributed by atoms with E-state index in [1.165, 1.54) is 0 Å². The first-order valence-electron chi connectivity index (χ1n) is 0.707. The molecule has 0 atom stereocenters. The summed E-state index contributed by atoms with van der Waals surface area (Å²) >= 11 is 0. The van der Waals surface area contributed by atoms with Crippen molar-refractivity contribution >= 4 is 45.1 Å². The Kier molecular flexibility index (Phi) is 83.9. The summed E-state index contributed by atoms with van der Waals surface area (Å²) in [4.78, 5) is 0. The number of hydrogen-bond donors (Lipinski definition) is 0. The first kappa shape index (κ1) is 29.9. The third kappa shape index (κ3) is 54.9. The quantitative estimate of drug-likeness (QED) is 0.407. The number of rotatable bonds is 0. The van der Waals surface area contributed by atoms with Gasteiger partial charge in [0.25, 0.3) is 0 Å². The first-order valence-corrected chi connectivity index (χ1v) is 0.707. The minimum atomic E-state index is -2.92. The molecule has 33 valence electrons. The Hall–Kier alpha value is 3.59. The Morgan fingerprint density at radius 1 is 1.00 bits per heavy atom. The Balaban J connectivity index is -0.00000000750. The average Bonchev–Trinajstić information content (AvgIpc) is 0.811. The standard InChI is InChI=1S/BO3.Ca.Gd.O.Y/c2-1(3)4;;;;/q-3;+2;+3;+2;+3. The summed E-state index contributed by atoms with van der Waals surface area (Å²) in [5.74, 6) is 0. The van der Waals surface area contributed by atoms with Crippen molar-refractivity contribution in [1.29, 1.82) is 0 Å². The third-order valence-corrected chi connectivity index (χ3v) is 0. The smallest absolute Gasteiger partial charge is 0.907 e. The fourth-order valence-electron chi connectivity index (χ4n) is 0. The molecule has 0 rings (SSSR count). The molecule has 4 nitrogen and oxygen atoms in total. The van der Waals surface area contributed by atoms with E-state index in [0.29, 0.717) is 0 Å². The van der Waals surface area contributed by atoms with Gasteiger partial charge in [0.15, 0.2) is 0 Å². The van der Waals surface area contributed by atoms with E-state index in [-0.39, 0.29) is 116 Å². The van der Waals surface area contributed by atoms with Gasteiger partial charge in [-0.05, 0) is 0 Å². The average molecular weight is 361 g/mol. The Morgan fingerprint density at radius 2 is 1.00 bits per heavy atom. The minimum absolute atomic E-state index is 0. The van der Waals surface area contributed by atoms with Gasteiger partial charge in [0, 0.05) is 0 Å². The molecule has 0 heterocycles. The van der Waals surface area contributed by atoms with E-state index in [2.05, 4.69) is 0 Å². The van der Waals surface area contributed by atoms with Crippen LogP contribution in [0, 0.1) is 39.9 Å². The molecule has 5 radical (unpaired) electrons. The van der Waals surface area contributed by atoms with Gasteiger partial charge in [-0.25, -0.2) is 0 Å². The molecule has 0 saturated carbocycles. The zero-order chi connectivity index (χ0) is 3.58. The van der Waals surface area contributed by atoms with E-state index in [4.69, 9.17) is 15.1 Å². The molecule has 0 aliphatic rings. The Bertz CT molecular complexity index is 20.8. The van der Waals surface area contributed by atoms with Gasteiger partial charge in [0.1, 0.15) is 0 Å². The maximum Gasteiger partial charge on any atom is 3.00 e. The molecule has 0 aromatic heterocycles. The molecule has 0 aliphatic carbocycles. The molecule has 0 bridgehead atoms. The maximum absolute atomic E-state index is 8.42. The molecule has 0 N–H and O–H groups in total. The fourth-order valence-corrected chi connectivity index (χ4v) is 0. The van der Waals surface area contributed by atoms with Crippen LogP contribution in [0.5, 0.6) is 0 Å². The predicted octanol–water partition coefficient (Wildman–Crippen LogP) is -4.45. The molecular formula is BCaGdO4Y+7. The van der Waals surface area contributed by atoms with Crippen LogP contribution in [-0.2, 0) is 38.2 Å². The Morgan fingerprint density at radius 3 is 1.00 bits per heavy atom. The summed E-state index contributed by atoms with van der Waals surface area (Å²) in [6.07, 6.45) is 0. The van der Waals surface area contributed by atoms with Gasteiger partial charge in [-0.3, -0.25) is 7.32 Å². The van der Waals surface area contributed by atoms with Crippen LogP contribution in [0.4, 0.5) is 0 Å². The second kappa shape index (κ2) is 22.4. The summed E-state index contributed by atoms with van der Waals surface area (Å²) in [6, 6.07) is 0. The molecule has 0 spiro atoms. The van der Waals surface area contributed by atoms with Crippen molar-refractivity contribution in [2.24, 2.45) is 0 Å². The van der Waals surface area contributed by atoms with E-state index < -0.39 is 7.32 Å². The molecule has 0 amide bonds. The topological polar surface area (TPSA) is 97.7 Å². The van der Waals surface area contributed by atoms with Crippen molar-refractivity contribution in [3.05, 3.63) is 0 Å². The first-order chi connectivity index (χ1) is 1.73. The summed E-state index contributed by atoms with van der Waals surface area (Å²) < 4.78 is 0. The van der Waals surface area contributed by atoms with Gasteiger partial charge in [0.2, 0.25) is 0 Å². The van der Waals surface area contributed by atoms with Crippen molar-refractivity contribution in [1.82, 2.24) is 0 Å². The van der Waals surface area contributed by atoms with Crippen molar-refractivity contribution in [2.75, 3.05) is 0 Å². The second-order valence-electron chi connectivity index (χ2n) is 0.289. The van der Waals surface area contributed by atoms with Gasteiger partial charge >= 0.3 is 116 Å². The normalized spacial score (nSPS) is 3.38. The van der Waals surface area contributed by atoms with Crippen LogP contribution in [0.15, 0.2) is 0 Å². The molecule has 0 saturated heterocycles. The van der Waals surface area contributed by atoms with Crippen LogP contribution < -0.4 is 15.1 Å². The number of hydrogen-bond acceptors (Lipinski definition) is 3. The predicted molar refractivity (Wildman–Crippen MR) is 12.2 cm³/mol. The van der Waals surface area contributed by atoms with Crippen LogP contribution in [0.3, 0.4) is 0 Å². The van der Waals surface area contributed by atoms with E-state index in [1.54, 1.807) is 0 Å². The molecule has 8 heavy (non-hydrogen) atoms. The van der Waals surface area contributed by atoms with Crippen LogP contribution in [0.2, 0.25) is 0 Å². The van der Waals surface area contributed by atoms with Crippen LogP contribution in [-0.4, -0.2) is 45.1 Å². The van der Waals surface area contributed by atoms with Gasteiger partial charge in [-0.2, -0.15) is 0 Å². The molecule has 0 aliphatic heterocycles. The van der Waals surface area contributed by atoms with E-state index in [9.17, 15) is 0 Å². The fraction of sp³-hybridized carbons (Fsp3) is 0. The SMILES string of the molecule is [Ca+2].[Gd+3].[O+2].[O-]B([O-])[O-].[Y+3]. The van der Waals surface area contributed by atoms with Gasteiger partial charge in [0.05, 0.1) is 0 Å². The summed E-state index contributed by atoms with van der Waals surface area (Å²) in [5.41, 5.74) is 0. The largest absolute Gasteiger partial charge is 3.00 e. The van der Waals surface area contributed by atoms with Crippen molar-refractivity contribution in [3.8, 4) is 0 Å². The van der Waals surface area contributed by atoms with Crippen molar-refractivity contribution < 1.29 is 93.2 Å². The monoisotopic (exact) mass is 362 g/mol. The van der Waals surface area contributed by atoms with Crippen LogP contribution in [0.25, 0.3) is 0 Å². The van der Waals surface area contributed by atoms with Gasteiger partial charge in [-0.1, -0.05) is 0 Å². The molecule has 0 aromatic carbocycles. The molecule has 8 heteroatoms. The maximum atomic E-state index is 8.42. The van der Waals surface area contributed by atoms with E-state index >= 15 is 0 Å². The zero-order valence-corrected chi connectivity index (χ0v) is 11.2. The van der Waals surface area contributed by atoms with Crippen molar-refractivity contribution in [3.63, 3.8) is 0 Å². The molecule has 0 fully saturated rings. The van der Waals surface area contributed by atoms with E-state index in [1.807, 2.05) is 0 Å². The summed E-state index contributed by atoms with van der Waals surface area (Å²) in [7, 11) is -2.92. The molecular weight excluding hydrogens is 361 g/mol.